The summed E-state index contributed by atoms with van der Waals surface area (Å²) in [4.78, 5) is 30.7. The van der Waals surface area contributed by atoms with Crippen molar-refractivity contribution in [3.8, 4) is 5.75 Å². The number of aliphatic imine (C=N–C) groups is 1. The number of esters is 1. The SMILES string of the molecule is COC(=O)C1C(C)=NC2=C(C(=O)C[C@H](c3ccc(OC)cc3)C2)[C@@H]1c1ccc(F)cc1. The second kappa shape index (κ2) is 8.46. The van der Waals surface area contributed by atoms with Crippen molar-refractivity contribution in [1.82, 2.24) is 0 Å². The Balaban J connectivity index is 1.77. The van der Waals surface area contributed by atoms with Gasteiger partial charge in [-0.1, -0.05) is 24.3 Å². The fraction of sp³-hybridized carbons (Fsp3) is 0.320. The molecule has 0 bridgehead atoms. The summed E-state index contributed by atoms with van der Waals surface area (Å²) in [6.45, 7) is 1.78. The Morgan fingerprint density at radius 1 is 1.00 bits per heavy atom. The van der Waals surface area contributed by atoms with E-state index >= 15 is 0 Å². The van der Waals surface area contributed by atoms with E-state index in [1.54, 1.807) is 26.2 Å². The number of rotatable bonds is 4. The molecule has 160 valence electrons. The van der Waals surface area contributed by atoms with Gasteiger partial charge in [0.2, 0.25) is 0 Å². The van der Waals surface area contributed by atoms with E-state index in [0.717, 1.165) is 11.3 Å². The van der Waals surface area contributed by atoms with Gasteiger partial charge in [-0.25, -0.2) is 4.39 Å². The van der Waals surface area contributed by atoms with Crippen LogP contribution in [0.1, 0.15) is 42.7 Å². The van der Waals surface area contributed by atoms with Gasteiger partial charge in [0.25, 0.3) is 0 Å². The number of allylic oxidation sites excluding steroid dienone is 2. The molecule has 0 amide bonds. The summed E-state index contributed by atoms with van der Waals surface area (Å²) >= 11 is 0. The van der Waals surface area contributed by atoms with Gasteiger partial charge in [0, 0.05) is 29.3 Å². The van der Waals surface area contributed by atoms with Crippen molar-refractivity contribution >= 4 is 17.5 Å². The van der Waals surface area contributed by atoms with Gasteiger partial charge in [-0.05, 0) is 54.7 Å². The van der Waals surface area contributed by atoms with Gasteiger partial charge in [-0.2, -0.15) is 0 Å². The van der Waals surface area contributed by atoms with Crippen LogP contribution in [0, 0.1) is 11.7 Å². The van der Waals surface area contributed by atoms with E-state index in [-0.39, 0.29) is 17.5 Å². The molecule has 2 aliphatic rings. The Morgan fingerprint density at radius 3 is 2.26 bits per heavy atom. The zero-order chi connectivity index (χ0) is 22.1. The second-order valence-corrected chi connectivity index (χ2v) is 7.95. The molecule has 0 fully saturated rings. The van der Waals surface area contributed by atoms with Crippen LogP contribution in [-0.2, 0) is 14.3 Å². The van der Waals surface area contributed by atoms with E-state index in [1.807, 2.05) is 24.3 Å². The molecule has 1 heterocycles. The Kier molecular flexibility index (Phi) is 5.72. The van der Waals surface area contributed by atoms with Gasteiger partial charge in [0.15, 0.2) is 5.78 Å². The maximum Gasteiger partial charge on any atom is 0.315 e. The van der Waals surface area contributed by atoms with Crippen molar-refractivity contribution in [2.45, 2.75) is 31.6 Å². The quantitative estimate of drug-likeness (QED) is 0.678. The average molecular weight is 421 g/mol. The van der Waals surface area contributed by atoms with Crippen LogP contribution in [0.3, 0.4) is 0 Å². The van der Waals surface area contributed by atoms with Crippen molar-refractivity contribution < 1.29 is 23.5 Å². The molecule has 0 N–H and O–H groups in total. The molecule has 3 atom stereocenters. The van der Waals surface area contributed by atoms with E-state index in [2.05, 4.69) is 4.99 Å². The number of benzene rings is 2. The van der Waals surface area contributed by atoms with E-state index in [9.17, 15) is 14.0 Å². The lowest BCUT2D eigenvalue weighted by atomic mass is 9.69. The largest absolute Gasteiger partial charge is 0.497 e. The molecule has 1 unspecified atom stereocenters. The molecular formula is C25H24FNO4. The van der Waals surface area contributed by atoms with Gasteiger partial charge in [-0.15, -0.1) is 0 Å². The van der Waals surface area contributed by atoms with Crippen molar-refractivity contribution in [2.75, 3.05) is 14.2 Å². The van der Waals surface area contributed by atoms with Crippen LogP contribution in [0.2, 0.25) is 0 Å². The Bertz CT molecular complexity index is 1070. The first-order valence-corrected chi connectivity index (χ1v) is 10.2. The Morgan fingerprint density at radius 2 is 1.65 bits per heavy atom. The first-order chi connectivity index (χ1) is 14.9. The van der Waals surface area contributed by atoms with Gasteiger partial charge >= 0.3 is 5.97 Å². The normalized spacial score (nSPS) is 23.2. The van der Waals surface area contributed by atoms with E-state index in [4.69, 9.17) is 9.47 Å². The lowest BCUT2D eigenvalue weighted by molar-refractivity contribution is -0.143. The first-order valence-electron chi connectivity index (χ1n) is 10.2. The van der Waals surface area contributed by atoms with Crippen LogP contribution in [0.25, 0.3) is 0 Å². The minimum absolute atomic E-state index is 0.00255. The van der Waals surface area contributed by atoms with Gasteiger partial charge in [0.05, 0.1) is 14.2 Å². The lowest BCUT2D eigenvalue weighted by Crippen LogP contribution is -2.37. The summed E-state index contributed by atoms with van der Waals surface area (Å²) in [5.74, 6) is -1.36. The molecule has 2 aromatic rings. The molecule has 0 radical (unpaired) electrons. The van der Waals surface area contributed by atoms with Crippen LogP contribution in [0.5, 0.6) is 5.75 Å². The lowest BCUT2D eigenvalue weighted by Gasteiger charge is -2.36. The fourth-order valence-electron chi connectivity index (χ4n) is 4.63. The number of halogens is 1. The van der Waals surface area contributed by atoms with Crippen molar-refractivity contribution in [3.05, 3.63) is 76.7 Å². The number of Topliss-reactive ketones (excluding diaryl/α,β-unsaturated/α-hetero) is 1. The minimum atomic E-state index is -0.712. The van der Waals surface area contributed by atoms with Crippen molar-refractivity contribution in [2.24, 2.45) is 10.9 Å². The molecule has 0 saturated heterocycles. The summed E-state index contributed by atoms with van der Waals surface area (Å²) in [7, 11) is 2.94. The topological polar surface area (TPSA) is 65.0 Å². The number of ketones is 1. The predicted octanol–water partition coefficient (Wildman–Crippen LogP) is 4.58. The van der Waals surface area contributed by atoms with Crippen molar-refractivity contribution in [3.63, 3.8) is 0 Å². The molecule has 0 saturated carbocycles. The summed E-state index contributed by atoms with van der Waals surface area (Å²) in [5.41, 5.74) is 3.58. The summed E-state index contributed by atoms with van der Waals surface area (Å²) in [5, 5.41) is 0. The molecule has 2 aromatic carbocycles. The zero-order valence-electron chi connectivity index (χ0n) is 17.7. The molecular weight excluding hydrogens is 397 g/mol. The van der Waals surface area contributed by atoms with E-state index in [0.29, 0.717) is 35.4 Å². The number of carbonyl (C=O) groups is 2. The summed E-state index contributed by atoms with van der Waals surface area (Å²) < 4.78 is 23.8. The van der Waals surface area contributed by atoms with Crippen molar-refractivity contribution in [1.29, 1.82) is 0 Å². The first kappa shape index (κ1) is 21.0. The summed E-state index contributed by atoms with van der Waals surface area (Å²) in [6.07, 6.45) is 0.918. The smallest absolute Gasteiger partial charge is 0.315 e. The van der Waals surface area contributed by atoms with Crippen LogP contribution in [0.15, 0.2) is 64.8 Å². The number of carbonyl (C=O) groups excluding carboxylic acids is 2. The molecule has 4 rings (SSSR count). The molecule has 0 aromatic heterocycles. The third kappa shape index (κ3) is 3.90. The highest BCUT2D eigenvalue weighted by molar-refractivity contribution is 6.09. The monoisotopic (exact) mass is 421 g/mol. The fourth-order valence-corrected chi connectivity index (χ4v) is 4.63. The standard InChI is InChI=1S/C25H24FNO4/c1-14-22(25(29)31-3)23(16-4-8-18(26)9-5-16)24-20(27-14)12-17(13-21(24)28)15-6-10-19(30-2)11-7-15/h4-11,17,22-23H,12-13H2,1-3H3/t17-,22?,23-/m1/s1. The number of hydrogen-bond donors (Lipinski definition) is 0. The molecule has 6 heteroatoms. The maximum absolute atomic E-state index is 13.6. The predicted molar refractivity (Wildman–Crippen MR) is 115 cm³/mol. The van der Waals surface area contributed by atoms with E-state index < -0.39 is 17.8 Å². The molecule has 1 aliphatic heterocycles. The van der Waals surface area contributed by atoms with E-state index in [1.165, 1.54) is 19.2 Å². The van der Waals surface area contributed by atoms with Crippen LogP contribution in [-0.4, -0.2) is 31.7 Å². The molecule has 31 heavy (non-hydrogen) atoms. The van der Waals surface area contributed by atoms with Crippen LogP contribution >= 0.6 is 0 Å². The third-order valence-electron chi connectivity index (χ3n) is 6.16. The molecule has 1 aliphatic carbocycles. The Hall–Kier alpha value is -3.28. The number of hydrogen-bond acceptors (Lipinski definition) is 5. The number of methoxy groups -OCH3 is 2. The summed E-state index contributed by atoms with van der Waals surface area (Å²) in [6, 6.07) is 13.6. The maximum atomic E-state index is 13.6. The van der Waals surface area contributed by atoms with Crippen LogP contribution in [0.4, 0.5) is 4.39 Å². The van der Waals surface area contributed by atoms with Crippen LogP contribution < -0.4 is 4.74 Å². The van der Waals surface area contributed by atoms with Gasteiger partial charge in [0.1, 0.15) is 17.5 Å². The van der Waals surface area contributed by atoms with Gasteiger partial charge < -0.3 is 9.47 Å². The Labute approximate surface area is 180 Å². The number of nitrogens with zero attached hydrogens (tertiary/aromatic N) is 1. The number of ether oxygens (including phenoxy) is 2. The highest BCUT2D eigenvalue weighted by Gasteiger charge is 2.44. The minimum Gasteiger partial charge on any atom is -0.497 e. The third-order valence-corrected chi connectivity index (χ3v) is 6.16. The highest BCUT2D eigenvalue weighted by atomic mass is 19.1. The average Bonchev–Trinajstić information content (AvgIpc) is 2.78. The van der Waals surface area contributed by atoms with Gasteiger partial charge in [-0.3, -0.25) is 14.6 Å². The zero-order valence-corrected chi connectivity index (χ0v) is 17.7. The highest BCUT2D eigenvalue weighted by Crippen LogP contribution is 2.46. The molecule has 5 nitrogen and oxygen atoms in total. The molecule has 0 spiro atoms. The second-order valence-electron chi connectivity index (χ2n) is 7.95.